The number of aromatic nitrogens is 4. The third kappa shape index (κ3) is 2.33. The van der Waals surface area contributed by atoms with E-state index in [1.807, 2.05) is 25.1 Å². The molecular formula is C8H7BrN4S. The second kappa shape index (κ2) is 4.10. The first-order valence-electron chi connectivity index (χ1n) is 3.93. The average molecular weight is 271 g/mol. The van der Waals surface area contributed by atoms with Crippen LogP contribution in [0.25, 0.3) is 0 Å². The van der Waals surface area contributed by atoms with Crippen molar-refractivity contribution < 1.29 is 0 Å². The van der Waals surface area contributed by atoms with E-state index in [0.29, 0.717) is 5.16 Å². The Morgan fingerprint density at radius 3 is 2.86 bits per heavy atom. The van der Waals surface area contributed by atoms with Gasteiger partial charge >= 0.3 is 0 Å². The van der Waals surface area contributed by atoms with E-state index in [-0.39, 0.29) is 0 Å². The predicted molar refractivity (Wildman–Crippen MR) is 57.2 cm³/mol. The van der Waals surface area contributed by atoms with Crippen molar-refractivity contribution in [2.24, 2.45) is 0 Å². The number of aromatic amines is 1. The van der Waals surface area contributed by atoms with Crippen LogP contribution in [0.4, 0.5) is 0 Å². The molecule has 2 aromatic heterocycles. The Bertz CT molecular complexity index is 442. The Labute approximate surface area is 93.7 Å². The van der Waals surface area contributed by atoms with Crippen LogP contribution in [0.2, 0.25) is 0 Å². The van der Waals surface area contributed by atoms with Gasteiger partial charge in [-0.05, 0) is 46.7 Å². The van der Waals surface area contributed by atoms with Gasteiger partial charge in [-0.15, -0.1) is 5.10 Å². The molecular weight excluding hydrogens is 264 g/mol. The Morgan fingerprint density at radius 2 is 2.21 bits per heavy atom. The number of hydrogen-bond acceptors (Lipinski definition) is 4. The van der Waals surface area contributed by atoms with Crippen LogP contribution in [0.3, 0.4) is 0 Å². The van der Waals surface area contributed by atoms with Crippen LogP contribution in [-0.2, 0) is 0 Å². The Morgan fingerprint density at radius 1 is 1.36 bits per heavy atom. The number of aryl methyl sites for hydroxylation is 1. The second-order valence-electron chi connectivity index (χ2n) is 2.60. The Balaban J connectivity index is 2.18. The lowest BCUT2D eigenvalue weighted by Crippen LogP contribution is -1.81. The minimum atomic E-state index is 0.688. The number of H-pyrrole nitrogens is 1. The zero-order chi connectivity index (χ0) is 9.97. The summed E-state index contributed by atoms with van der Waals surface area (Å²) in [6, 6.07) is 5.73. The van der Waals surface area contributed by atoms with Crippen molar-refractivity contribution in [3.63, 3.8) is 0 Å². The van der Waals surface area contributed by atoms with Crippen molar-refractivity contribution in [2.45, 2.75) is 17.1 Å². The lowest BCUT2D eigenvalue weighted by molar-refractivity contribution is 0.963. The SMILES string of the molecule is Cc1nc(Sc2cccc(Br)n2)n[nH]1. The molecule has 0 amide bonds. The lowest BCUT2D eigenvalue weighted by Gasteiger charge is -1.95. The number of rotatable bonds is 2. The van der Waals surface area contributed by atoms with E-state index in [9.17, 15) is 0 Å². The van der Waals surface area contributed by atoms with E-state index >= 15 is 0 Å². The lowest BCUT2D eigenvalue weighted by atomic mass is 10.5. The van der Waals surface area contributed by atoms with Gasteiger partial charge in [0.05, 0.1) is 0 Å². The fourth-order valence-corrected chi connectivity index (χ4v) is 2.12. The number of halogens is 1. The first-order valence-corrected chi connectivity index (χ1v) is 5.54. The molecule has 0 bridgehead atoms. The largest absolute Gasteiger partial charge is 0.262 e. The summed E-state index contributed by atoms with van der Waals surface area (Å²) in [7, 11) is 0. The molecule has 0 atom stereocenters. The number of nitrogens with zero attached hydrogens (tertiary/aromatic N) is 3. The fourth-order valence-electron chi connectivity index (χ4n) is 0.908. The minimum absolute atomic E-state index is 0.688. The van der Waals surface area contributed by atoms with E-state index in [0.717, 1.165) is 15.5 Å². The number of pyridine rings is 1. The van der Waals surface area contributed by atoms with E-state index in [4.69, 9.17) is 0 Å². The molecule has 14 heavy (non-hydrogen) atoms. The monoisotopic (exact) mass is 270 g/mol. The summed E-state index contributed by atoms with van der Waals surface area (Å²) in [4.78, 5) is 8.44. The van der Waals surface area contributed by atoms with Crippen molar-refractivity contribution in [1.29, 1.82) is 0 Å². The molecule has 4 nitrogen and oxygen atoms in total. The fraction of sp³-hybridized carbons (Fsp3) is 0.125. The molecule has 1 N–H and O–H groups in total. The maximum atomic E-state index is 4.26. The maximum Gasteiger partial charge on any atom is 0.214 e. The van der Waals surface area contributed by atoms with Crippen LogP contribution >= 0.6 is 27.7 Å². The van der Waals surface area contributed by atoms with Crippen LogP contribution in [-0.4, -0.2) is 20.2 Å². The molecule has 2 heterocycles. The molecule has 0 fully saturated rings. The zero-order valence-electron chi connectivity index (χ0n) is 7.36. The molecule has 0 aliphatic heterocycles. The summed E-state index contributed by atoms with van der Waals surface area (Å²) in [5.74, 6) is 0.808. The van der Waals surface area contributed by atoms with Crippen LogP contribution in [0.15, 0.2) is 33.0 Å². The van der Waals surface area contributed by atoms with Crippen molar-refractivity contribution in [1.82, 2.24) is 20.2 Å². The molecule has 0 radical (unpaired) electrons. The first kappa shape index (κ1) is 9.67. The minimum Gasteiger partial charge on any atom is -0.262 e. The van der Waals surface area contributed by atoms with E-state index < -0.39 is 0 Å². The molecule has 2 aromatic rings. The van der Waals surface area contributed by atoms with Gasteiger partial charge in [0, 0.05) is 0 Å². The van der Waals surface area contributed by atoms with Gasteiger partial charge in [-0.3, -0.25) is 5.10 Å². The standard InChI is InChI=1S/C8H7BrN4S/c1-5-10-8(13-12-5)14-7-4-2-3-6(9)11-7/h2-4H,1H3,(H,10,12,13). The Hall–Kier alpha value is -0.880. The topological polar surface area (TPSA) is 54.5 Å². The third-order valence-corrected chi connectivity index (χ3v) is 2.71. The second-order valence-corrected chi connectivity index (χ2v) is 4.40. The highest BCUT2D eigenvalue weighted by atomic mass is 79.9. The van der Waals surface area contributed by atoms with Gasteiger partial charge in [0.2, 0.25) is 5.16 Å². The van der Waals surface area contributed by atoms with E-state index in [1.165, 1.54) is 11.8 Å². The molecule has 0 aliphatic rings. The van der Waals surface area contributed by atoms with Crippen molar-refractivity contribution >= 4 is 27.7 Å². The van der Waals surface area contributed by atoms with Gasteiger partial charge in [-0.2, -0.15) is 0 Å². The first-order chi connectivity index (χ1) is 6.74. The van der Waals surface area contributed by atoms with Crippen LogP contribution in [0.5, 0.6) is 0 Å². The Kier molecular flexibility index (Phi) is 2.83. The summed E-state index contributed by atoms with van der Waals surface area (Å²) in [5.41, 5.74) is 0. The van der Waals surface area contributed by atoms with Crippen LogP contribution in [0, 0.1) is 6.92 Å². The molecule has 0 saturated carbocycles. The molecule has 6 heteroatoms. The summed E-state index contributed by atoms with van der Waals surface area (Å²) in [6.45, 7) is 1.87. The summed E-state index contributed by atoms with van der Waals surface area (Å²) in [5, 5.41) is 8.36. The highest BCUT2D eigenvalue weighted by Crippen LogP contribution is 2.23. The van der Waals surface area contributed by atoms with Crippen LogP contribution in [0.1, 0.15) is 5.82 Å². The molecule has 72 valence electrons. The third-order valence-electron chi connectivity index (χ3n) is 1.46. The van der Waals surface area contributed by atoms with Crippen molar-refractivity contribution in [2.75, 3.05) is 0 Å². The maximum absolute atomic E-state index is 4.26. The van der Waals surface area contributed by atoms with Crippen LogP contribution < -0.4 is 0 Å². The molecule has 0 aliphatic carbocycles. The normalized spacial score (nSPS) is 10.4. The van der Waals surface area contributed by atoms with Gasteiger partial charge in [0.15, 0.2) is 0 Å². The van der Waals surface area contributed by atoms with Gasteiger partial charge in [0.25, 0.3) is 0 Å². The average Bonchev–Trinajstić information content (AvgIpc) is 2.51. The van der Waals surface area contributed by atoms with E-state index in [1.54, 1.807) is 0 Å². The predicted octanol–water partition coefficient (Wildman–Crippen LogP) is 2.42. The van der Waals surface area contributed by atoms with Gasteiger partial charge in [-0.25, -0.2) is 9.97 Å². The highest BCUT2D eigenvalue weighted by Gasteiger charge is 2.03. The molecule has 0 saturated heterocycles. The zero-order valence-corrected chi connectivity index (χ0v) is 9.76. The smallest absolute Gasteiger partial charge is 0.214 e. The summed E-state index contributed by atoms with van der Waals surface area (Å²) >= 11 is 4.74. The molecule has 0 aromatic carbocycles. The quantitative estimate of drug-likeness (QED) is 0.852. The van der Waals surface area contributed by atoms with Gasteiger partial charge < -0.3 is 0 Å². The molecule has 2 rings (SSSR count). The number of hydrogen-bond donors (Lipinski definition) is 1. The van der Waals surface area contributed by atoms with E-state index in [2.05, 4.69) is 36.1 Å². The summed E-state index contributed by atoms with van der Waals surface area (Å²) in [6.07, 6.45) is 0. The van der Waals surface area contributed by atoms with Crippen molar-refractivity contribution in [3.8, 4) is 0 Å². The van der Waals surface area contributed by atoms with Gasteiger partial charge in [-0.1, -0.05) is 6.07 Å². The summed E-state index contributed by atoms with van der Waals surface area (Å²) < 4.78 is 0.815. The molecule has 0 unspecified atom stereocenters. The number of nitrogens with one attached hydrogen (secondary N) is 1. The van der Waals surface area contributed by atoms with Gasteiger partial charge in [0.1, 0.15) is 15.5 Å². The molecule has 0 spiro atoms. The highest BCUT2D eigenvalue weighted by molar-refractivity contribution is 9.10. The van der Waals surface area contributed by atoms with Crippen molar-refractivity contribution in [3.05, 3.63) is 28.6 Å².